The first-order chi connectivity index (χ1) is 13.3. The van der Waals surface area contributed by atoms with Crippen LogP contribution < -0.4 is 9.64 Å². The molecule has 0 saturated carbocycles. The van der Waals surface area contributed by atoms with Gasteiger partial charge in [0, 0.05) is 32.2 Å². The lowest BCUT2D eigenvalue weighted by Gasteiger charge is -2.44. The fourth-order valence-corrected chi connectivity index (χ4v) is 4.79. The molecule has 1 amide bonds. The molecule has 3 aliphatic rings. The number of carbonyl (C=O) groups excluding carboxylic acids is 1. The number of nitrogens with zero attached hydrogens (tertiary/aromatic N) is 3. The lowest BCUT2D eigenvalue weighted by atomic mass is 9.99. The minimum atomic E-state index is -0.334. The number of piperazine rings is 1. The van der Waals surface area contributed by atoms with Gasteiger partial charge in [-0.2, -0.15) is 0 Å². The van der Waals surface area contributed by atoms with Crippen LogP contribution in [-0.2, 0) is 4.79 Å². The average molecular weight is 372 g/mol. The normalized spacial score (nSPS) is 26.4. The second-order valence-electron chi connectivity index (χ2n) is 8.17. The van der Waals surface area contributed by atoms with Gasteiger partial charge in [0.2, 0.25) is 0 Å². The summed E-state index contributed by atoms with van der Waals surface area (Å²) in [6.07, 6.45) is 6.72. The summed E-state index contributed by atoms with van der Waals surface area (Å²) in [5, 5.41) is 0. The zero-order valence-corrected chi connectivity index (χ0v) is 16.6. The SMILES string of the molecule is CCC1Oc2ccccc2N(CCCCN2CCN3CCCCC3C2)C1=O. The second kappa shape index (κ2) is 8.61. The van der Waals surface area contributed by atoms with Crippen molar-refractivity contribution in [2.24, 2.45) is 0 Å². The van der Waals surface area contributed by atoms with Crippen molar-refractivity contribution in [3.63, 3.8) is 0 Å². The van der Waals surface area contributed by atoms with E-state index in [9.17, 15) is 4.79 Å². The molecule has 0 aromatic heterocycles. The van der Waals surface area contributed by atoms with E-state index in [1.54, 1.807) is 0 Å². The van der Waals surface area contributed by atoms with E-state index in [2.05, 4.69) is 9.80 Å². The molecule has 5 nitrogen and oxygen atoms in total. The van der Waals surface area contributed by atoms with Crippen molar-refractivity contribution in [1.29, 1.82) is 0 Å². The molecule has 0 bridgehead atoms. The van der Waals surface area contributed by atoms with Crippen molar-refractivity contribution in [3.05, 3.63) is 24.3 Å². The standard InChI is InChI=1S/C22H33N3O2/c1-2-20-22(26)25(19-10-3-4-11-21(19)27-20)14-8-7-12-23-15-16-24-13-6-5-9-18(24)17-23/h3-4,10-11,18,20H,2,5-9,12-17H2,1H3. The number of rotatable bonds is 6. The first kappa shape index (κ1) is 18.8. The Morgan fingerprint density at radius 3 is 2.81 bits per heavy atom. The molecular formula is C22H33N3O2. The van der Waals surface area contributed by atoms with Crippen LogP contribution in [0.25, 0.3) is 0 Å². The highest BCUT2D eigenvalue weighted by Crippen LogP contribution is 2.34. The largest absolute Gasteiger partial charge is 0.478 e. The summed E-state index contributed by atoms with van der Waals surface area (Å²) in [4.78, 5) is 20.0. The highest BCUT2D eigenvalue weighted by molar-refractivity contribution is 5.99. The number of ether oxygens (including phenoxy) is 1. The van der Waals surface area contributed by atoms with Gasteiger partial charge in [0.05, 0.1) is 5.69 Å². The zero-order chi connectivity index (χ0) is 18.6. The Balaban J connectivity index is 1.28. The van der Waals surface area contributed by atoms with Crippen molar-refractivity contribution in [3.8, 4) is 5.75 Å². The van der Waals surface area contributed by atoms with E-state index in [0.29, 0.717) is 0 Å². The van der Waals surface area contributed by atoms with E-state index in [0.717, 1.165) is 49.8 Å². The van der Waals surface area contributed by atoms with Gasteiger partial charge in [-0.3, -0.25) is 9.69 Å². The number of benzene rings is 1. The van der Waals surface area contributed by atoms with E-state index in [-0.39, 0.29) is 12.0 Å². The van der Waals surface area contributed by atoms with Gasteiger partial charge in [0.15, 0.2) is 6.10 Å². The maximum absolute atomic E-state index is 12.8. The Labute approximate surface area is 163 Å². The number of anilines is 1. The lowest BCUT2D eigenvalue weighted by molar-refractivity contribution is -0.126. The average Bonchev–Trinajstić information content (AvgIpc) is 2.72. The first-order valence-corrected chi connectivity index (χ1v) is 10.8. The Kier molecular flexibility index (Phi) is 5.98. The van der Waals surface area contributed by atoms with Crippen LogP contribution >= 0.6 is 0 Å². The number of unbranched alkanes of at least 4 members (excludes halogenated alkanes) is 1. The van der Waals surface area contributed by atoms with Crippen molar-refractivity contribution in [2.75, 3.05) is 44.2 Å². The number of hydrogen-bond acceptors (Lipinski definition) is 4. The molecule has 5 heteroatoms. The van der Waals surface area contributed by atoms with Crippen molar-refractivity contribution < 1.29 is 9.53 Å². The van der Waals surface area contributed by atoms with Crippen molar-refractivity contribution >= 4 is 11.6 Å². The van der Waals surface area contributed by atoms with E-state index >= 15 is 0 Å². The second-order valence-corrected chi connectivity index (χ2v) is 8.17. The summed E-state index contributed by atoms with van der Waals surface area (Å²) < 4.78 is 5.87. The Hall–Kier alpha value is -1.59. The van der Waals surface area contributed by atoms with Crippen LogP contribution in [-0.4, -0.2) is 67.1 Å². The molecule has 0 aliphatic carbocycles. The van der Waals surface area contributed by atoms with Crippen molar-refractivity contribution in [2.45, 2.75) is 57.6 Å². The minimum absolute atomic E-state index is 0.118. The molecule has 27 heavy (non-hydrogen) atoms. The van der Waals surface area contributed by atoms with Gasteiger partial charge >= 0.3 is 0 Å². The summed E-state index contributed by atoms with van der Waals surface area (Å²) in [5.74, 6) is 0.962. The first-order valence-electron chi connectivity index (χ1n) is 10.8. The van der Waals surface area contributed by atoms with Gasteiger partial charge in [-0.15, -0.1) is 0 Å². The monoisotopic (exact) mass is 371 g/mol. The molecule has 1 aromatic rings. The molecule has 1 aromatic carbocycles. The quantitative estimate of drug-likeness (QED) is 0.720. The predicted molar refractivity (Wildman–Crippen MR) is 108 cm³/mol. The highest BCUT2D eigenvalue weighted by Gasteiger charge is 2.33. The highest BCUT2D eigenvalue weighted by atomic mass is 16.5. The van der Waals surface area contributed by atoms with Crippen LogP contribution in [0.1, 0.15) is 45.4 Å². The number of hydrogen-bond donors (Lipinski definition) is 0. The molecule has 0 radical (unpaired) electrons. The zero-order valence-electron chi connectivity index (χ0n) is 16.6. The van der Waals surface area contributed by atoms with Gasteiger partial charge < -0.3 is 14.5 Å². The lowest BCUT2D eigenvalue weighted by Crippen LogP contribution is -2.54. The molecule has 148 valence electrons. The summed E-state index contributed by atoms with van der Waals surface area (Å²) in [7, 11) is 0. The number of para-hydroxylation sites is 2. The molecule has 4 rings (SSSR count). The van der Waals surface area contributed by atoms with Crippen LogP contribution in [0, 0.1) is 0 Å². The maximum Gasteiger partial charge on any atom is 0.268 e. The third kappa shape index (κ3) is 4.14. The topological polar surface area (TPSA) is 36.0 Å². The third-order valence-electron chi connectivity index (χ3n) is 6.37. The van der Waals surface area contributed by atoms with Gasteiger partial charge in [0.25, 0.3) is 5.91 Å². The number of fused-ring (bicyclic) bond motifs is 2. The fraction of sp³-hybridized carbons (Fsp3) is 0.682. The van der Waals surface area contributed by atoms with Gasteiger partial charge in [-0.25, -0.2) is 0 Å². The Morgan fingerprint density at radius 2 is 1.93 bits per heavy atom. The summed E-state index contributed by atoms with van der Waals surface area (Å²) >= 11 is 0. The van der Waals surface area contributed by atoms with Crippen LogP contribution in [0.2, 0.25) is 0 Å². The Morgan fingerprint density at radius 1 is 1.07 bits per heavy atom. The molecule has 2 atom stereocenters. The Bertz CT molecular complexity index is 650. The molecule has 2 fully saturated rings. The van der Waals surface area contributed by atoms with Crippen LogP contribution in [0.3, 0.4) is 0 Å². The van der Waals surface area contributed by atoms with Gasteiger partial charge in [0.1, 0.15) is 5.75 Å². The predicted octanol–water partition coefficient (Wildman–Crippen LogP) is 3.14. The molecular weight excluding hydrogens is 338 g/mol. The van der Waals surface area contributed by atoms with E-state index in [1.165, 1.54) is 45.4 Å². The number of carbonyl (C=O) groups is 1. The maximum atomic E-state index is 12.8. The summed E-state index contributed by atoms with van der Waals surface area (Å²) in [6, 6.07) is 8.72. The van der Waals surface area contributed by atoms with Gasteiger partial charge in [-0.1, -0.05) is 25.5 Å². The van der Waals surface area contributed by atoms with Crippen LogP contribution in [0.4, 0.5) is 5.69 Å². The molecule has 3 heterocycles. The van der Waals surface area contributed by atoms with Crippen LogP contribution in [0.15, 0.2) is 24.3 Å². The van der Waals surface area contributed by atoms with Gasteiger partial charge in [-0.05, 0) is 57.3 Å². The third-order valence-corrected chi connectivity index (χ3v) is 6.37. The van der Waals surface area contributed by atoms with E-state index < -0.39 is 0 Å². The summed E-state index contributed by atoms with van der Waals surface area (Å²) in [6.45, 7) is 8.93. The smallest absolute Gasteiger partial charge is 0.268 e. The molecule has 2 saturated heterocycles. The van der Waals surface area contributed by atoms with Crippen molar-refractivity contribution in [1.82, 2.24) is 9.80 Å². The molecule has 3 aliphatic heterocycles. The van der Waals surface area contributed by atoms with E-state index in [4.69, 9.17) is 4.74 Å². The van der Waals surface area contributed by atoms with E-state index in [1.807, 2.05) is 36.1 Å². The van der Waals surface area contributed by atoms with Crippen LogP contribution in [0.5, 0.6) is 5.75 Å². The molecule has 0 spiro atoms. The molecule has 0 N–H and O–H groups in total. The number of amides is 1. The minimum Gasteiger partial charge on any atom is -0.478 e. The number of piperidine rings is 1. The molecule has 2 unspecified atom stereocenters. The summed E-state index contributed by atoms with van der Waals surface area (Å²) in [5.41, 5.74) is 0.933. The fourth-order valence-electron chi connectivity index (χ4n) is 4.79.